The van der Waals surface area contributed by atoms with Gasteiger partial charge in [0.15, 0.2) is 5.84 Å². The third-order valence-corrected chi connectivity index (χ3v) is 5.39. The molecule has 1 aromatic heterocycles. The highest BCUT2D eigenvalue weighted by atomic mass is 19.4. The first-order valence-electron chi connectivity index (χ1n) is 10.5. The number of hydrazone groups is 1. The van der Waals surface area contributed by atoms with E-state index in [4.69, 9.17) is 16.4 Å². The maximum absolute atomic E-state index is 13.0. The predicted molar refractivity (Wildman–Crippen MR) is 126 cm³/mol. The Morgan fingerprint density at radius 1 is 1.06 bits per heavy atom. The molecule has 2 aromatic carbocycles. The standard InChI is InChI=1S/C24H26F3N5O2/c1-14-4-5-17(12-15(14)2)19-13-20(30-23(33)21(19)22(31-28)32-29)16-6-8-18(9-7-16)34-11-3-10-24(25,26)27/h4-9,12-13H,3,10-11,28-29H2,1-2H3,(H,30,33)(H,31,32). The first-order valence-corrected chi connectivity index (χ1v) is 10.5. The summed E-state index contributed by atoms with van der Waals surface area (Å²) in [5.41, 5.74) is 6.84. The van der Waals surface area contributed by atoms with Crippen LogP contribution < -0.4 is 27.4 Å². The number of nitrogens with two attached hydrogens (primary N) is 2. The van der Waals surface area contributed by atoms with Gasteiger partial charge in [0.1, 0.15) is 5.75 Å². The predicted octanol–water partition coefficient (Wildman–Crippen LogP) is 4.13. The Labute approximate surface area is 194 Å². The number of nitrogens with one attached hydrogen (secondary N) is 2. The van der Waals surface area contributed by atoms with Gasteiger partial charge in [-0.3, -0.25) is 4.79 Å². The van der Waals surface area contributed by atoms with E-state index in [-0.39, 0.29) is 24.4 Å². The van der Waals surface area contributed by atoms with Gasteiger partial charge in [-0.1, -0.05) is 18.2 Å². The second-order valence-electron chi connectivity index (χ2n) is 7.81. The highest BCUT2D eigenvalue weighted by Crippen LogP contribution is 2.29. The number of hydrogen-bond acceptors (Lipinski definition) is 5. The topological polar surface area (TPSA) is 119 Å². The molecule has 7 nitrogen and oxygen atoms in total. The number of H-pyrrole nitrogens is 1. The Morgan fingerprint density at radius 2 is 1.74 bits per heavy atom. The third kappa shape index (κ3) is 5.96. The van der Waals surface area contributed by atoms with Crippen molar-refractivity contribution in [2.75, 3.05) is 6.61 Å². The number of pyridine rings is 1. The van der Waals surface area contributed by atoms with Crippen LogP contribution in [0.25, 0.3) is 22.4 Å². The molecular weight excluding hydrogens is 447 g/mol. The van der Waals surface area contributed by atoms with Gasteiger partial charge in [-0.2, -0.15) is 18.3 Å². The molecule has 0 saturated carbocycles. The van der Waals surface area contributed by atoms with E-state index in [9.17, 15) is 18.0 Å². The molecule has 1 heterocycles. The second-order valence-corrected chi connectivity index (χ2v) is 7.81. The Morgan fingerprint density at radius 3 is 2.32 bits per heavy atom. The number of aromatic nitrogens is 1. The number of halogens is 3. The van der Waals surface area contributed by atoms with Gasteiger partial charge in [0.2, 0.25) is 0 Å². The monoisotopic (exact) mass is 473 g/mol. The van der Waals surface area contributed by atoms with Crippen molar-refractivity contribution < 1.29 is 17.9 Å². The molecule has 0 atom stereocenters. The van der Waals surface area contributed by atoms with Crippen molar-refractivity contribution in [1.82, 2.24) is 10.4 Å². The quantitative estimate of drug-likeness (QED) is 0.135. The summed E-state index contributed by atoms with van der Waals surface area (Å²) in [6, 6.07) is 14.3. The molecule has 0 bridgehead atoms. The smallest absolute Gasteiger partial charge is 0.389 e. The molecule has 0 saturated heterocycles. The first-order chi connectivity index (χ1) is 16.1. The molecule has 10 heteroatoms. The van der Waals surface area contributed by atoms with Crippen molar-refractivity contribution >= 4 is 5.84 Å². The average Bonchev–Trinajstić information content (AvgIpc) is 2.80. The molecule has 3 rings (SSSR count). The number of aryl methyl sites for hydroxylation is 2. The fourth-order valence-electron chi connectivity index (χ4n) is 3.45. The summed E-state index contributed by atoms with van der Waals surface area (Å²) in [4.78, 5) is 15.8. The van der Waals surface area contributed by atoms with Crippen molar-refractivity contribution in [3.05, 3.63) is 75.6 Å². The SMILES string of the molecule is Cc1ccc(-c2cc(-c3ccc(OCCCC(F)(F)F)cc3)[nH]c(=O)c2/C(=N/N)NN)cc1C. The Bertz CT molecular complexity index is 1230. The van der Waals surface area contributed by atoms with E-state index in [0.717, 1.165) is 16.7 Å². The summed E-state index contributed by atoms with van der Waals surface area (Å²) in [5.74, 6) is 11.4. The highest BCUT2D eigenvalue weighted by Gasteiger charge is 2.26. The molecule has 34 heavy (non-hydrogen) atoms. The van der Waals surface area contributed by atoms with Gasteiger partial charge in [-0.25, -0.2) is 5.84 Å². The van der Waals surface area contributed by atoms with Crippen LogP contribution in [0.1, 0.15) is 29.5 Å². The van der Waals surface area contributed by atoms with Crippen molar-refractivity contribution in [2.45, 2.75) is 32.9 Å². The molecule has 0 aliphatic rings. The van der Waals surface area contributed by atoms with E-state index in [1.54, 1.807) is 30.3 Å². The van der Waals surface area contributed by atoms with Gasteiger partial charge in [0.25, 0.3) is 5.56 Å². The van der Waals surface area contributed by atoms with Gasteiger partial charge >= 0.3 is 6.18 Å². The molecule has 0 unspecified atom stereocenters. The lowest BCUT2D eigenvalue weighted by Gasteiger charge is -2.14. The lowest BCUT2D eigenvalue weighted by atomic mass is 9.95. The minimum atomic E-state index is -4.20. The minimum Gasteiger partial charge on any atom is -0.494 e. The molecule has 3 aromatic rings. The second kappa shape index (κ2) is 10.4. The average molecular weight is 473 g/mol. The summed E-state index contributed by atoms with van der Waals surface area (Å²) in [7, 11) is 0. The molecule has 0 aliphatic carbocycles. The summed E-state index contributed by atoms with van der Waals surface area (Å²) in [6.07, 6.45) is -5.22. The van der Waals surface area contributed by atoms with Crippen LogP contribution >= 0.6 is 0 Å². The number of alkyl halides is 3. The molecule has 6 N–H and O–H groups in total. The van der Waals surface area contributed by atoms with Crippen LogP contribution in [0, 0.1) is 13.8 Å². The van der Waals surface area contributed by atoms with Crippen LogP contribution in [0.4, 0.5) is 13.2 Å². The van der Waals surface area contributed by atoms with E-state index >= 15 is 0 Å². The van der Waals surface area contributed by atoms with E-state index in [2.05, 4.69) is 15.5 Å². The largest absolute Gasteiger partial charge is 0.494 e. The van der Waals surface area contributed by atoms with Gasteiger partial charge in [0.05, 0.1) is 12.2 Å². The fraction of sp³-hybridized carbons (Fsp3) is 0.250. The molecular formula is C24H26F3N5O2. The summed E-state index contributed by atoms with van der Waals surface area (Å²) >= 11 is 0. The maximum Gasteiger partial charge on any atom is 0.389 e. The number of hydrazine groups is 1. The zero-order chi connectivity index (χ0) is 24.9. The first kappa shape index (κ1) is 24.8. The molecule has 0 fully saturated rings. The lowest BCUT2D eigenvalue weighted by molar-refractivity contribution is -0.136. The number of aromatic amines is 1. The lowest BCUT2D eigenvalue weighted by Crippen LogP contribution is -2.36. The normalized spacial score (nSPS) is 12.0. The van der Waals surface area contributed by atoms with Crippen LogP contribution in [0.15, 0.2) is 58.4 Å². The van der Waals surface area contributed by atoms with Crippen molar-refractivity contribution in [3.8, 4) is 28.1 Å². The zero-order valence-corrected chi connectivity index (χ0v) is 18.8. The van der Waals surface area contributed by atoms with Crippen LogP contribution in [-0.4, -0.2) is 23.6 Å². The molecule has 0 aliphatic heterocycles. The molecule has 180 valence electrons. The van der Waals surface area contributed by atoms with E-state index < -0.39 is 18.2 Å². The van der Waals surface area contributed by atoms with Crippen molar-refractivity contribution in [2.24, 2.45) is 16.8 Å². The van der Waals surface area contributed by atoms with Crippen molar-refractivity contribution in [3.63, 3.8) is 0 Å². The van der Waals surface area contributed by atoms with Crippen LogP contribution in [0.2, 0.25) is 0 Å². The fourth-order valence-corrected chi connectivity index (χ4v) is 3.45. The van der Waals surface area contributed by atoms with Gasteiger partial charge in [-0.15, -0.1) is 0 Å². The number of amidine groups is 1. The molecule has 0 spiro atoms. The van der Waals surface area contributed by atoms with Crippen LogP contribution in [0.5, 0.6) is 5.75 Å². The molecule has 0 radical (unpaired) electrons. The number of rotatable bonds is 7. The van der Waals surface area contributed by atoms with Gasteiger partial charge < -0.3 is 21.0 Å². The zero-order valence-electron chi connectivity index (χ0n) is 18.8. The minimum absolute atomic E-state index is 0.0311. The van der Waals surface area contributed by atoms with Crippen LogP contribution in [-0.2, 0) is 0 Å². The van der Waals surface area contributed by atoms with Gasteiger partial charge in [0, 0.05) is 17.7 Å². The number of benzene rings is 2. The summed E-state index contributed by atoms with van der Waals surface area (Å²) in [5, 5.41) is 3.60. The third-order valence-electron chi connectivity index (χ3n) is 5.39. The molecule has 0 amide bonds. The number of nitrogens with zero attached hydrogens (tertiary/aromatic N) is 1. The summed E-state index contributed by atoms with van der Waals surface area (Å²) < 4.78 is 42.2. The van der Waals surface area contributed by atoms with E-state index in [1.807, 2.05) is 32.0 Å². The number of ether oxygens (including phenoxy) is 1. The van der Waals surface area contributed by atoms with E-state index in [1.165, 1.54) is 0 Å². The summed E-state index contributed by atoms with van der Waals surface area (Å²) in [6.45, 7) is 3.91. The highest BCUT2D eigenvalue weighted by molar-refractivity contribution is 6.04. The Balaban J connectivity index is 1.96. The van der Waals surface area contributed by atoms with E-state index in [0.29, 0.717) is 22.6 Å². The van der Waals surface area contributed by atoms with Gasteiger partial charge in [-0.05, 0) is 72.9 Å². The Hall–Kier alpha value is -3.79. The van der Waals surface area contributed by atoms with Crippen molar-refractivity contribution in [1.29, 1.82) is 0 Å². The maximum atomic E-state index is 13.0. The van der Waals surface area contributed by atoms with Crippen LogP contribution in [0.3, 0.4) is 0 Å². The number of hydrogen-bond donors (Lipinski definition) is 4. The Kier molecular flexibility index (Phi) is 7.62.